The van der Waals surface area contributed by atoms with Gasteiger partial charge in [-0.3, -0.25) is 4.79 Å². The lowest BCUT2D eigenvalue weighted by molar-refractivity contribution is -0.139. The van der Waals surface area contributed by atoms with Gasteiger partial charge in [0.25, 0.3) is 0 Å². The molecule has 0 spiro atoms. The van der Waals surface area contributed by atoms with E-state index in [0.717, 1.165) is 5.56 Å². The molecule has 0 saturated heterocycles. The quantitative estimate of drug-likeness (QED) is 0.739. The van der Waals surface area contributed by atoms with Crippen molar-refractivity contribution in [2.24, 2.45) is 0 Å². The van der Waals surface area contributed by atoms with Crippen molar-refractivity contribution in [3.63, 3.8) is 0 Å². The molecule has 0 aromatic carbocycles. The largest absolute Gasteiger partial charge is 0.469 e. The van der Waals surface area contributed by atoms with Crippen LogP contribution in [0.1, 0.15) is 22.5 Å². The van der Waals surface area contributed by atoms with E-state index in [2.05, 4.69) is 14.5 Å². The Balaban J connectivity index is 2.72. The molecule has 0 N–H and O–H groups in total. The van der Waals surface area contributed by atoms with Crippen LogP contribution in [-0.2, 0) is 14.3 Å². The van der Waals surface area contributed by atoms with Crippen LogP contribution in [0.5, 0.6) is 0 Å². The maximum Gasteiger partial charge on any atom is 0.356 e. The lowest BCUT2D eigenvalue weighted by atomic mass is 10.2. The van der Waals surface area contributed by atoms with E-state index in [9.17, 15) is 9.59 Å². The fraction of sp³-hybridized carbons (Fsp3) is 0.250. The highest BCUT2D eigenvalue weighted by Crippen LogP contribution is 2.06. The first-order valence-corrected chi connectivity index (χ1v) is 4.95. The molecule has 0 radical (unpaired) electrons. The van der Waals surface area contributed by atoms with Gasteiger partial charge in [-0.2, -0.15) is 0 Å². The van der Waals surface area contributed by atoms with Gasteiger partial charge in [-0.25, -0.2) is 9.78 Å². The molecule has 5 nitrogen and oxygen atoms in total. The first-order valence-electron chi connectivity index (χ1n) is 4.95. The molecular formula is C12H13NO4. The molecule has 0 aliphatic carbocycles. The summed E-state index contributed by atoms with van der Waals surface area (Å²) in [6.07, 6.45) is 5.06. The van der Waals surface area contributed by atoms with Crippen molar-refractivity contribution in [1.29, 1.82) is 0 Å². The van der Waals surface area contributed by atoms with Crippen molar-refractivity contribution in [3.8, 4) is 0 Å². The highest BCUT2D eigenvalue weighted by molar-refractivity contribution is 5.87. The number of rotatable bonds is 4. The number of ether oxygens (including phenoxy) is 2. The summed E-state index contributed by atoms with van der Waals surface area (Å²) in [6.45, 7) is 0. The Morgan fingerprint density at radius 1 is 1.35 bits per heavy atom. The van der Waals surface area contributed by atoms with Crippen molar-refractivity contribution in [1.82, 2.24) is 4.98 Å². The summed E-state index contributed by atoms with van der Waals surface area (Å²) in [7, 11) is 2.63. The third-order valence-electron chi connectivity index (χ3n) is 2.00. The second kappa shape index (κ2) is 6.42. The van der Waals surface area contributed by atoms with E-state index < -0.39 is 5.97 Å². The second-order valence-electron chi connectivity index (χ2n) is 3.15. The summed E-state index contributed by atoms with van der Waals surface area (Å²) >= 11 is 0. The Morgan fingerprint density at radius 3 is 2.76 bits per heavy atom. The Bertz CT molecular complexity index is 440. The number of carbonyl (C=O) groups excluding carboxylic acids is 2. The number of esters is 2. The number of hydrogen-bond donors (Lipinski definition) is 0. The van der Waals surface area contributed by atoms with Gasteiger partial charge >= 0.3 is 11.9 Å². The number of aromatic nitrogens is 1. The van der Waals surface area contributed by atoms with Gasteiger partial charge in [0.1, 0.15) is 5.69 Å². The smallest absolute Gasteiger partial charge is 0.356 e. The van der Waals surface area contributed by atoms with Crippen molar-refractivity contribution in [3.05, 3.63) is 35.7 Å². The van der Waals surface area contributed by atoms with E-state index in [4.69, 9.17) is 0 Å². The van der Waals surface area contributed by atoms with Crippen LogP contribution in [0.2, 0.25) is 0 Å². The summed E-state index contributed by atoms with van der Waals surface area (Å²) in [6, 6.07) is 3.31. The van der Waals surface area contributed by atoms with Crippen molar-refractivity contribution >= 4 is 18.0 Å². The Kier molecular flexibility index (Phi) is 4.87. The van der Waals surface area contributed by atoms with Gasteiger partial charge < -0.3 is 9.47 Å². The average Bonchev–Trinajstić information content (AvgIpc) is 2.38. The number of hydrogen-bond acceptors (Lipinski definition) is 5. The number of carbonyl (C=O) groups is 2. The molecule has 90 valence electrons. The van der Waals surface area contributed by atoms with Crippen LogP contribution in [0, 0.1) is 0 Å². The monoisotopic (exact) mass is 235 g/mol. The molecule has 0 aliphatic heterocycles. The van der Waals surface area contributed by atoms with E-state index in [-0.39, 0.29) is 18.1 Å². The zero-order chi connectivity index (χ0) is 12.7. The first kappa shape index (κ1) is 12.9. The normalized spacial score (nSPS) is 10.2. The molecule has 5 heteroatoms. The van der Waals surface area contributed by atoms with E-state index >= 15 is 0 Å². The zero-order valence-corrected chi connectivity index (χ0v) is 9.67. The molecule has 1 heterocycles. The molecule has 0 saturated carbocycles. The highest BCUT2D eigenvalue weighted by Gasteiger charge is 2.06. The standard InChI is InChI=1S/C12H13NO4/c1-16-11(14)5-3-4-9-6-7-13-10(8-9)12(15)17-2/h3-4,6-8H,5H2,1-2H3. The minimum absolute atomic E-state index is 0.187. The van der Waals surface area contributed by atoms with E-state index in [1.54, 1.807) is 24.3 Å². The van der Waals surface area contributed by atoms with E-state index in [0.29, 0.717) is 0 Å². The Morgan fingerprint density at radius 2 is 2.12 bits per heavy atom. The molecule has 17 heavy (non-hydrogen) atoms. The van der Waals surface area contributed by atoms with Crippen molar-refractivity contribution in [2.75, 3.05) is 14.2 Å². The molecule has 0 unspecified atom stereocenters. The summed E-state index contributed by atoms with van der Waals surface area (Å²) in [5.74, 6) is -0.809. The second-order valence-corrected chi connectivity index (χ2v) is 3.15. The zero-order valence-electron chi connectivity index (χ0n) is 9.67. The molecule has 1 aromatic rings. The van der Waals surface area contributed by atoms with Crippen LogP contribution < -0.4 is 0 Å². The Hall–Kier alpha value is -2.17. The molecule has 1 aromatic heterocycles. The summed E-state index contributed by atoms with van der Waals surface area (Å²) < 4.78 is 9.04. The van der Waals surface area contributed by atoms with Gasteiger partial charge in [0.15, 0.2) is 0 Å². The maximum absolute atomic E-state index is 11.2. The minimum atomic E-state index is -0.492. The number of pyridine rings is 1. The lowest BCUT2D eigenvalue weighted by Gasteiger charge is -1.99. The fourth-order valence-electron chi connectivity index (χ4n) is 1.14. The molecular weight excluding hydrogens is 222 g/mol. The van der Waals surface area contributed by atoms with Crippen molar-refractivity contribution in [2.45, 2.75) is 6.42 Å². The molecule has 1 rings (SSSR count). The van der Waals surface area contributed by atoms with Gasteiger partial charge in [0.2, 0.25) is 0 Å². The summed E-state index contributed by atoms with van der Waals surface area (Å²) in [4.78, 5) is 25.9. The van der Waals surface area contributed by atoms with Gasteiger partial charge in [0.05, 0.1) is 20.6 Å². The third-order valence-corrected chi connectivity index (χ3v) is 2.00. The van der Waals surface area contributed by atoms with Crippen LogP contribution in [-0.4, -0.2) is 31.1 Å². The molecule has 0 amide bonds. The number of nitrogens with zero attached hydrogens (tertiary/aromatic N) is 1. The molecule has 0 aliphatic rings. The van der Waals surface area contributed by atoms with Crippen LogP contribution in [0.4, 0.5) is 0 Å². The summed E-state index contributed by atoms with van der Waals surface area (Å²) in [5, 5.41) is 0. The molecule has 0 atom stereocenters. The Labute approximate surface area is 99.1 Å². The lowest BCUT2D eigenvalue weighted by Crippen LogP contribution is -2.03. The summed E-state index contributed by atoms with van der Waals surface area (Å²) in [5.41, 5.74) is 0.997. The van der Waals surface area contributed by atoms with Crippen LogP contribution >= 0.6 is 0 Å². The van der Waals surface area contributed by atoms with Crippen LogP contribution in [0.25, 0.3) is 6.08 Å². The average molecular weight is 235 g/mol. The van der Waals surface area contributed by atoms with Crippen LogP contribution in [0.15, 0.2) is 24.4 Å². The van der Waals surface area contributed by atoms with Crippen molar-refractivity contribution < 1.29 is 19.1 Å². The maximum atomic E-state index is 11.2. The minimum Gasteiger partial charge on any atom is -0.469 e. The van der Waals surface area contributed by atoms with Gasteiger partial charge in [-0.1, -0.05) is 12.2 Å². The first-order chi connectivity index (χ1) is 8.17. The van der Waals surface area contributed by atoms with Gasteiger partial charge in [0, 0.05) is 6.20 Å². The highest BCUT2D eigenvalue weighted by atomic mass is 16.5. The fourth-order valence-corrected chi connectivity index (χ4v) is 1.14. The topological polar surface area (TPSA) is 65.5 Å². The number of methoxy groups -OCH3 is 2. The van der Waals surface area contributed by atoms with Gasteiger partial charge in [-0.05, 0) is 17.7 Å². The van der Waals surface area contributed by atoms with Crippen LogP contribution in [0.3, 0.4) is 0 Å². The predicted molar refractivity (Wildman–Crippen MR) is 61.2 cm³/mol. The molecule has 0 fully saturated rings. The molecule has 0 bridgehead atoms. The van der Waals surface area contributed by atoms with E-state index in [1.165, 1.54) is 20.4 Å². The third kappa shape index (κ3) is 4.06. The predicted octanol–water partition coefficient (Wildman–Crippen LogP) is 1.44. The van der Waals surface area contributed by atoms with E-state index in [1.807, 2.05) is 0 Å². The SMILES string of the molecule is COC(=O)CC=Cc1ccnc(C(=O)OC)c1. The van der Waals surface area contributed by atoms with Gasteiger partial charge in [-0.15, -0.1) is 0 Å².